The van der Waals surface area contributed by atoms with Gasteiger partial charge in [-0.1, -0.05) is 0 Å². The highest BCUT2D eigenvalue weighted by atomic mass is 35.5. The summed E-state index contributed by atoms with van der Waals surface area (Å²) in [7, 11) is 0. The topological polar surface area (TPSA) is 62.7 Å². The molecule has 1 N–H and O–H groups in total. The molecular weight excluding hydrogens is 256 g/mol. The van der Waals surface area contributed by atoms with Crippen molar-refractivity contribution in [3.8, 4) is 5.88 Å². The average Bonchev–Trinajstić information content (AvgIpc) is 2.83. The standard InChI is InChI=1S/C12H16N2O3.ClH/c15-12(16)10-3-4-11(13-9-10)17-8-7-14-5-1-2-6-14;/h3-4,9H,1-2,5-8H2,(H,15,16);1H. The molecule has 1 aliphatic rings. The second-order valence-electron chi connectivity index (χ2n) is 4.09. The number of halogens is 1. The van der Waals surface area contributed by atoms with E-state index in [1.54, 1.807) is 6.07 Å². The van der Waals surface area contributed by atoms with E-state index in [1.165, 1.54) is 25.1 Å². The van der Waals surface area contributed by atoms with Gasteiger partial charge in [0.15, 0.2) is 0 Å². The van der Waals surface area contributed by atoms with Crippen molar-refractivity contribution in [3.05, 3.63) is 23.9 Å². The minimum atomic E-state index is -0.971. The molecule has 0 radical (unpaired) electrons. The Morgan fingerprint density at radius 2 is 2.11 bits per heavy atom. The van der Waals surface area contributed by atoms with Crippen molar-refractivity contribution in [2.24, 2.45) is 0 Å². The van der Waals surface area contributed by atoms with Gasteiger partial charge >= 0.3 is 5.97 Å². The predicted molar refractivity (Wildman–Crippen MR) is 69.6 cm³/mol. The molecule has 0 atom stereocenters. The Bertz CT molecular complexity index is 377. The van der Waals surface area contributed by atoms with Crippen LogP contribution in [0.25, 0.3) is 0 Å². The van der Waals surface area contributed by atoms with Crippen LogP contribution in [-0.2, 0) is 0 Å². The van der Waals surface area contributed by atoms with Gasteiger partial charge in [0.2, 0.25) is 5.88 Å². The number of likely N-dealkylation sites (tertiary alicyclic amines) is 1. The number of aromatic carboxylic acids is 1. The second kappa shape index (κ2) is 7.18. The monoisotopic (exact) mass is 272 g/mol. The molecule has 0 spiro atoms. The molecule has 0 amide bonds. The van der Waals surface area contributed by atoms with E-state index in [4.69, 9.17) is 9.84 Å². The van der Waals surface area contributed by atoms with Crippen LogP contribution in [0.4, 0.5) is 0 Å². The molecule has 6 heteroatoms. The van der Waals surface area contributed by atoms with Gasteiger partial charge in [-0.3, -0.25) is 4.90 Å². The minimum Gasteiger partial charge on any atom is -0.478 e. The SMILES string of the molecule is Cl.O=C(O)c1ccc(OCCN2CCCC2)nc1. The van der Waals surface area contributed by atoms with Gasteiger partial charge in [0.05, 0.1) is 5.56 Å². The van der Waals surface area contributed by atoms with Crippen molar-refractivity contribution in [3.63, 3.8) is 0 Å². The lowest BCUT2D eigenvalue weighted by Crippen LogP contribution is -2.25. The molecule has 18 heavy (non-hydrogen) atoms. The summed E-state index contributed by atoms with van der Waals surface area (Å²) in [4.78, 5) is 16.9. The lowest BCUT2D eigenvalue weighted by atomic mass is 10.3. The quantitative estimate of drug-likeness (QED) is 0.884. The number of hydrogen-bond donors (Lipinski definition) is 1. The number of carboxylic acids is 1. The number of ether oxygens (including phenoxy) is 1. The summed E-state index contributed by atoms with van der Waals surface area (Å²) in [6, 6.07) is 3.09. The normalized spacial score (nSPS) is 15.1. The summed E-state index contributed by atoms with van der Waals surface area (Å²) in [6.07, 6.45) is 3.85. The third-order valence-electron chi connectivity index (χ3n) is 2.84. The predicted octanol–water partition coefficient (Wildman–Crippen LogP) is 1.68. The molecule has 0 saturated carbocycles. The molecule has 0 bridgehead atoms. The lowest BCUT2D eigenvalue weighted by molar-refractivity contribution is 0.0696. The molecule has 100 valence electrons. The third kappa shape index (κ3) is 4.16. The summed E-state index contributed by atoms with van der Waals surface area (Å²) in [5.41, 5.74) is 0.178. The number of nitrogens with zero attached hydrogens (tertiary/aromatic N) is 2. The van der Waals surface area contributed by atoms with Gasteiger partial charge in [-0.25, -0.2) is 9.78 Å². The average molecular weight is 273 g/mol. The molecular formula is C12H17ClN2O3. The fraction of sp³-hybridized carbons (Fsp3) is 0.500. The zero-order valence-electron chi connectivity index (χ0n) is 10.0. The Labute approximate surface area is 112 Å². The van der Waals surface area contributed by atoms with Gasteiger partial charge in [-0.15, -0.1) is 12.4 Å². The van der Waals surface area contributed by atoms with Crippen LogP contribution in [0.5, 0.6) is 5.88 Å². The van der Waals surface area contributed by atoms with Crippen LogP contribution < -0.4 is 4.74 Å². The van der Waals surface area contributed by atoms with Crippen LogP contribution >= 0.6 is 12.4 Å². The maximum atomic E-state index is 10.6. The van der Waals surface area contributed by atoms with Gasteiger partial charge < -0.3 is 9.84 Å². The molecule has 1 fully saturated rings. The Kier molecular flexibility index (Phi) is 5.88. The van der Waals surface area contributed by atoms with Gasteiger partial charge in [0, 0.05) is 18.8 Å². The van der Waals surface area contributed by atoms with E-state index < -0.39 is 5.97 Å². The van der Waals surface area contributed by atoms with E-state index in [9.17, 15) is 4.79 Å². The second-order valence-corrected chi connectivity index (χ2v) is 4.09. The summed E-state index contributed by atoms with van der Waals surface area (Å²) in [5.74, 6) is -0.490. The van der Waals surface area contributed by atoms with E-state index >= 15 is 0 Å². The fourth-order valence-electron chi connectivity index (χ4n) is 1.88. The maximum absolute atomic E-state index is 10.6. The molecule has 0 unspecified atom stereocenters. The first-order valence-electron chi connectivity index (χ1n) is 5.80. The summed E-state index contributed by atoms with van der Waals surface area (Å²) >= 11 is 0. The van der Waals surface area contributed by atoms with Crippen molar-refractivity contribution in [1.82, 2.24) is 9.88 Å². The van der Waals surface area contributed by atoms with E-state index in [0.29, 0.717) is 12.5 Å². The zero-order valence-corrected chi connectivity index (χ0v) is 10.9. The first-order valence-corrected chi connectivity index (χ1v) is 5.80. The van der Waals surface area contributed by atoms with E-state index in [-0.39, 0.29) is 18.0 Å². The molecule has 1 saturated heterocycles. The van der Waals surface area contributed by atoms with Crippen LogP contribution in [0.1, 0.15) is 23.2 Å². The largest absolute Gasteiger partial charge is 0.478 e. The Morgan fingerprint density at radius 3 is 2.67 bits per heavy atom. The van der Waals surface area contributed by atoms with Crippen molar-refractivity contribution < 1.29 is 14.6 Å². The van der Waals surface area contributed by atoms with Crippen LogP contribution in [0.3, 0.4) is 0 Å². The maximum Gasteiger partial charge on any atom is 0.337 e. The van der Waals surface area contributed by atoms with Crippen LogP contribution in [-0.4, -0.2) is 47.2 Å². The Hall–Kier alpha value is -1.33. The number of aromatic nitrogens is 1. The number of carbonyl (C=O) groups is 1. The molecule has 0 aromatic carbocycles. The first-order chi connectivity index (χ1) is 8.25. The molecule has 2 rings (SSSR count). The van der Waals surface area contributed by atoms with Gasteiger partial charge in [0.25, 0.3) is 0 Å². The fourth-order valence-corrected chi connectivity index (χ4v) is 1.88. The van der Waals surface area contributed by atoms with Crippen molar-refractivity contribution in [2.45, 2.75) is 12.8 Å². The third-order valence-corrected chi connectivity index (χ3v) is 2.84. The number of carboxylic acid groups (broad SMARTS) is 1. The summed E-state index contributed by atoms with van der Waals surface area (Å²) < 4.78 is 5.46. The highest BCUT2D eigenvalue weighted by Gasteiger charge is 2.11. The van der Waals surface area contributed by atoms with Crippen LogP contribution in [0.2, 0.25) is 0 Å². The molecule has 1 aromatic rings. The van der Waals surface area contributed by atoms with E-state index in [1.807, 2.05) is 0 Å². The van der Waals surface area contributed by atoms with E-state index in [2.05, 4.69) is 9.88 Å². The first kappa shape index (κ1) is 14.7. The smallest absolute Gasteiger partial charge is 0.337 e. The molecule has 5 nitrogen and oxygen atoms in total. The molecule has 2 heterocycles. The molecule has 0 aliphatic carbocycles. The molecule has 1 aromatic heterocycles. The number of rotatable bonds is 5. The summed E-state index contributed by atoms with van der Waals surface area (Å²) in [6.45, 7) is 3.80. The Balaban J connectivity index is 0.00000162. The number of pyridine rings is 1. The highest BCUT2D eigenvalue weighted by Crippen LogP contribution is 2.09. The van der Waals surface area contributed by atoms with Crippen LogP contribution in [0, 0.1) is 0 Å². The Morgan fingerprint density at radius 1 is 1.39 bits per heavy atom. The minimum absolute atomic E-state index is 0. The highest BCUT2D eigenvalue weighted by molar-refractivity contribution is 5.87. The molecule has 1 aliphatic heterocycles. The van der Waals surface area contributed by atoms with E-state index in [0.717, 1.165) is 19.6 Å². The van der Waals surface area contributed by atoms with Gasteiger partial charge in [0.1, 0.15) is 6.61 Å². The van der Waals surface area contributed by atoms with Crippen LogP contribution in [0.15, 0.2) is 18.3 Å². The van der Waals surface area contributed by atoms with Crippen molar-refractivity contribution >= 4 is 18.4 Å². The summed E-state index contributed by atoms with van der Waals surface area (Å²) in [5, 5.41) is 8.71. The van der Waals surface area contributed by atoms with Gasteiger partial charge in [-0.2, -0.15) is 0 Å². The van der Waals surface area contributed by atoms with Crippen molar-refractivity contribution in [2.75, 3.05) is 26.2 Å². The lowest BCUT2D eigenvalue weighted by Gasteiger charge is -2.14. The number of hydrogen-bond acceptors (Lipinski definition) is 4. The van der Waals surface area contributed by atoms with Gasteiger partial charge in [-0.05, 0) is 32.0 Å². The van der Waals surface area contributed by atoms with Crippen molar-refractivity contribution in [1.29, 1.82) is 0 Å². The zero-order chi connectivity index (χ0) is 12.1.